The Bertz CT molecular complexity index is 216. The van der Waals surface area contributed by atoms with Gasteiger partial charge in [-0.3, -0.25) is 0 Å². The first-order valence-corrected chi connectivity index (χ1v) is 6.85. The van der Waals surface area contributed by atoms with Crippen molar-refractivity contribution in [2.45, 2.75) is 73.1 Å². The Morgan fingerprint density at radius 2 is 1.75 bits per heavy atom. The molecule has 0 radical (unpaired) electrons. The van der Waals surface area contributed by atoms with E-state index in [0.29, 0.717) is 0 Å². The first kappa shape index (κ1) is 15.5. The van der Waals surface area contributed by atoms with E-state index in [1.807, 2.05) is 0 Å². The molecule has 16 heavy (non-hydrogen) atoms. The van der Waals surface area contributed by atoms with Gasteiger partial charge in [-0.1, -0.05) is 43.6 Å². The monoisotopic (exact) mass is 222 g/mol. The molecule has 0 rings (SSSR count). The van der Waals surface area contributed by atoms with Gasteiger partial charge in [-0.15, -0.1) is 0 Å². The number of hydrogen-bond donors (Lipinski definition) is 0. The summed E-state index contributed by atoms with van der Waals surface area (Å²) in [6, 6.07) is 0. The fourth-order valence-electron chi connectivity index (χ4n) is 1.98. The Balaban J connectivity index is 3.54. The first-order valence-electron chi connectivity index (χ1n) is 6.85. The quantitative estimate of drug-likeness (QED) is 0.449. The summed E-state index contributed by atoms with van der Waals surface area (Å²) in [5.41, 5.74) is 3.02. The second kappa shape index (κ2) is 9.69. The molecule has 0 heteroatoms. The van der Waals surface area contributed by atoms with Gasteiger partial charge in [0.2, 0.25) is 0 Å². The van der Waals surface area contributed by atoms with Crippen molar-refractivity contribution < 1.29 is 0 Å². The Hall–Kier alpha value is -0.520. The van der Waals surface area contributed by atoms with Crippen molar-refractivity contribution in [3.63, 3.8) is 0 Å². The van der Waals surface area contributed by atoms with Crippen molar-refractivity contribution >= 4 is 0 Å². The van der Waals surface area contributed by atoms with E-state index >= 15 is 0 Å². The summed E-state index contributed by atoms with van der Waals surface area (Å²) >= 11 is 0. The maximum absolute atomic E-state index is 2.39. The van der Waals surface area contributed by atoms with Crippen molar-refractivity contribution in [3.8, 4) is 0 Å². The van der Waals surface area contributed by atoms with Crippen LogP contribution in [0.25, 0.3) is 0 Å². The Morgan fingerprint density at radius 3 is 2.31 bits per heavy atom. The average Bonchev–Trinajstić information content (AvgIpc) is 2.17. The van der Waals surface area contributed by atoms with E-state index in [4.69, 9.17) is 0 Å². The van der Waals surface area contributed by atoms with Crippen molar-refractivity contribution in [2.75, 3.05) is 0 Å². The largest absolute Gasteiger partial charge is 0.0859 e. The smallest absolute Gasteiger partial charge is 0.0323 e. The van der Waals surface area contributed by atoms with Gasteiger partial charge in [-0.05, 0) is 58.8 Å². The van der Waals surface area contributed by atoms with E-state index in [0.717, 1.165) is 5.92 Å². The zero-order valence-electron chi connectivity index (χ0n) is 12.0. The lowest BCUT2D eigenvalue weighted by atomic mass is 9.96. The van der Waals surface area contributed by atoms with E-state index in [9.17, 15) is 0 Å². The van der Waals surface area contributed by atoms with Crippen molar-refractivity contribution in [2.24, 2.45) is 5.92 Å². The summed E-state index contributed by atoms with van der Waals surface area (Å²) in [4.78, 5) is 0. The maximum atomic E-state index is 2.39. The third-order valence-corrected chi connectivity index (χ3v) is 3.03. The Labute approximate surface area is 103 Å². The molecule has 0 fully saturated rings. The molecule has 0 aliphatic rings. The maximum Gasteiger partial charge on any atom is -0.0323 e. The fraction of sp³-hybridized carbons (Fsp3) is 0.750. The van der Waals surface area contributed by atoms with Crippen molar-refractivity contribution in [3.05, 3.63) is 23.3 Å². The lowest BCUT2D eigenvalue weighted by molar-refractivity contribution is 0.478. The van der Waals surface area contributed by atoms with E-state index in [-0.39, 0.29) is 0 Å². The summed E-state index contributed by atoms with van der Waals surface area (Å²) in [6.45, 7) is 11.2. The van der Waals surface area contributed by atoms with Gasteiger partial charge in [0.05, 0.1) is 0 Å². The molecular formula is C16H30. The van der Waals surface area contributed by atoms with Gasteiger partial charge in [0.25, 0.3) is 0 Å². The topological polar surface area (TPSA) is 0 Å². The zero-order valence-corrected chi connectivity index (χ0v) is 12.0. The number of rotatable bonds is 8. The predicted molar refractivity (Wildman–Crippen MR) is 75.7 cm³/mol. The molecule has 0 heterocycles. The van der Waals surface area contributed by atoms with Gasteiger partial charge in [0, 0.05) is 0 Å². The molecule has 1 unspecified atom stereocenters. The van der Waals surface area contributed by atoms with Crippen molar-refractivity contribution in [1.82, 2.24) is 0 Å². The van der Waals surface area contributed by atoms with Crippen LogP contribution in [0.4, 0.5) is 0 Å². The van der Waals surface area contributed by atoms with Crippen LogP contribution in [0.1, 0.15) is 73.1 Å². The molecule has 0 aliphatic heterocycles. The minimum absolute atomic E-state index is 0.880. The Morgan fingerprint density at radius 1 is 1.06 bits per heavy atom. The van der Waals surface area contributed by atoms with E-state index in [1.165, 1.54) is 44.1 Å². The standard InChI is InChI=1S/C16H30/c1-6-9-15(4)12-8-13-16(5)11-7-10-14(2)3/h9-10,16H,6-8,11-13H2,1-5H3/b15-9+. The molecule has 0 nitrogen and oxygen atoms in total. The van der Waals surface area contributed by atoms with E-state index in [1.54, 1.807) is 5.57 Å². The highest BCUT2D eigenvalue weighted by atomic mass is 14.1. The van der Waals surface area contributed by atoms with Crippen LogP contribution in [0.15, 0.2) is 23.3 Å². The van der Waals surface area contributed by atoms with Gasteiger partial charge < -0.3 is 0 Å². The summed E-state index contributed by atoms with van der Waals surface area (Å²) < 4.78 is 0. The average molecular weight is 222 g/mol. The fourth-order valence-corrected chi connectivity index (χ4v) is 1.98. The molecule has 0 saturated heterocycles. The molecule has 0 spiro atoms. The van der Waals surface area contributed by atoms with Crippen molar-refractivity contribution in [1.29, 1.82) is 0 Å². The molecular weight excluding hydrogens is 192 g/mol. The van der Waals surface area contributed by atoms with Crippen LogP contribution < -0.4 is 0 Å². The van der Waals surface area contributed by atoms with Crippen LogP contribution in [0.5, 0.6) is 0 Å². The van der Waals surface area contributed by atoms with E-state index in [2.05, 4.69) is 46.8 Å². The molecule has 0 saturated carbocycles. The molecule has 0 N–H and O–H groups in total. The van der Waals surface area contributed by atoms with Crippen LogP contribution in [-0.2, 0) is 0 Å². The summed E-state index contributed by atoms with van der Waals surface area (Å²) in [5.74, 6) is 0.880. The summed E-state index contributed by atoms with van der Waals surface area (Å²) in [5, 5.41) is 0. The SMILES string of the molecule is CC/C=C(\C)CCCC(C)CCC=C(C)C. The minimum atomic E-state index is 0.880. The molecule has 94 valence electrons. The highest BCUT2D eigenvalue weighted by Crippen LogP contribution is 2.17. The third-order valence-electron chi connectivity index (χ3n) is 3.03. The number of hydrogen-bond acceptors (Lipinski definition) is 0. The molecule has 0 aromatic carbocycles. The molecule has 0 bridgehead atoms. The first-order chi connectivity index (χ1) is 7.56. The van der Waals surface area contributed by atoms with Gasteiger partial charge in [-0.2, -0.15) is 0 Å². The van der Waals surface area contributed by atoms with Gasteiger partial charge >= 0.3 is 0 Å². The minimum Gasteiger partial charge on any atom is -0.0859 e. The van der Waals surface area contributed by atoms with Gasteiger partial charge in [-0.25, -0.2) is 0 Å². The third kappa shape index (κ3) is 10.0. The predicted octanol–water partition coefficient (Wildman–Crippen LogP) is 5.90. The number of allylic oxidation sites excluding steroid dienone is 4. The van der Waals surface area contributed by atoms with Crippen LogP contribution >= 0.6 is 0 Å². The lowest BCUT2D eigenvalue weighted by Gasteiger charge is -2.10. The molecule has 0 amide bonds. The Kier molecular flexibility index (Phi) is 9.37. The molecule has 0 aromatic heterocycles. The van der Waals surface area contributed by atoms with E-state index < -0.39 is 0 Å². The second-order valence-electron chi connectivity index (χ2n) is 5.31. The highest BCUT2D eigenvalue weighted by molar-refractivity contribution is 4.97. The van der Waals surface area contributed by atoms with Crippen LogP contribution in [0.3, 0.4) is 0 Å². The normalized spacial score (nSPS) is 13.7. The second-order valence-corrected chi connectivity index (χ2v) is 5.31. The zero-order chi connectivity index (χ0) is 12.4. The van der Waals surface area contributed by atoms with Crippen LogP contribution in [-0.4, -0.2) is 0 Å². The summed E-state index contributed by atoms with van der Waals surface area (Å²) in [6.07, 6.45) is 12.5. The molecule has 0 aliphatic carbocycles. The van der Waals surface area contributed by atoms with Crippen LogP contribution in [0, 0.1) is 5.92 Å². The highest BCUT2D eigenvalue weighted by Gasteiger charge is 2.01. The molecule has 0 aromatic rings. The van der Waals surface area contributed by atoms with Gasteiger partial charge in [0.15, 0.2) is 0 Å². The lowest BCUT2D eigenvalue weighted by Crippen LogP contribution is -1.94. The summed E-state index contributed by atoms with van der Waals surface area (Å²) in [7, 11) is 0. The van der Waals surface area contributed by atoms with Crippen LogP contribution in [0.2, 0.25) is 0 Å². The molecule has 1 atom stereocenters. The van der Waals surface area contributed by atoms with Gasteiger partial charge in [0.1, 0.15) is 0 Å².